The highest BCUT2D eigenvalue weighted by molar-refractivity contribution is 7.22. The van der Waals surface area contributed by atoms with Crippen LogP contribution in [0.3, 0.4) is 0 Å². The number of aliphatic hydroxyl groups excluding tert-OH is 1. The van der Waals surface area contributed by atoms with Crippen molar-refractivity contribution in [2.45, 2.75) is 58.6 Å². The molecule has 1 saturated heterocycles. The molecule has 0 unspecified atom stereocenters. The Balaban J connectivity index is 1.49. The molecule has 1 aromatic heterocycles. The van der Waals surface area contributed by atoms with Gasteiger partial charge in [-0.3, -0.25) is 14.5 Å². The molecule has 2 aliphatic heterocycles. The summed E-state index contributed by atoms with van der Waals surface area (Å²) in [5.74, 6) is 0.645. The number of fused-ring (bicyclic) bond motifs is 2. The number of Topliss-reactive ketones (excluding diaryl/α,β-unsaturated/α-hetero) is 1. The number of amides is 1. The van der Waals surface area contributed by atoms with Crippen LogP contribution in [-0.2, 0) is 16.0 Å². The van der Waals surface area contributed by atoms with Gasteiger partial charge in [0.1, 0.15) is 23.4 Å². The molecule has 1 fully saturated rings. The second-order valence-corrected chi connectivity index (χ2v) is 12.2. The Morgan fingerprint density at radius 2 is 1.89 bits per heavy atom. The average Bonchev–Trinajstić information content (AvgIpc) is 3.71. The molecular weight excluding hydrogens is 592 g/mol. The van der Waals surface area contributed by atoms with Gasteiger partial charge in [-0.1, -0.05) is 37.2 Å². The van der Waals surface area contributed by atoms with E-state index in [-0.39, 0.29) is 17.4 Å². The normalized spacial score (nSPS) is 18.7. The van der Waals surface area contributed by atoms with E-state index in [4.69, 9.17) is 23.9 Å². The van der Waals surface area contributed by atoms with Gasteiger partial charge in [0.05, 0.1) is 42.2 Å². The van der Waals surface area contributed by atoms with E-state index in [0.29, 0.717) is 58.7 Å². The number of ketones is 1. The number of aromatic nitrogens is 1. The zero-order chi connectivity index (χ0) is 31.7. The molecule has 234 valence electrons. The lowest BCUT2D eigenvalue weighted by atomic mass is 9.94. The van der Waals surface area contributed by atoms with E-state index in [1.807, 2.05) is 38.1 Å². The third-order valence-corrected chi connectivity index (χ3v) is 9.01. The van der Waals surface area contributed by atoms with Gasteiger partial charge in [-0.2, -0.15) is 0 Å². The highest BCUT2D eigenvalue weighted by Gasteiger charge is 2.48. The molecule has 45 heavy (non-hydrogen) atoms. The molecule has 0 radical (unpaired) electrons. The molecule has 1 N–H and O–H groups in total. The number of benzene rings is 3. The fourth-order valence-corrected chi connectivity index (χ4v) is 6.83. The van der Waals surface area contributed by atoms with E-state index in [9.17, 15) is 14.7 Å². The van der Waals surface area contributed by atoms with Gasteiger partial charge in [-0.15, -0.1) is 0 Å². The summed E-state index contributed by atoms with van der Waals surface area (Å²) in [4.78, 5) is 33.8. The van der Waals surface area contributed by atoms with E-state index in [1.54, 1.807) is 37.4 Å². The summed E-state index contributed by atoms with van der Waals surface area (Å²) >= 11 is 1.27. The lowest BCUT2D eigenvalue weighted by Crippen LogP contribution is -2.29. The third-order valence-electron chi connectivity index (χ3n) is 7.99. The van der Waals surface area contributed by atoms with E-state index in [0.717, 1.165) is 35.3 Å². The van der Waals surface area contributed by atoms with Gasteiger partial charge in [-0.25, -0.2) is 4.98 Å². The molecule has 0 aliphatic carbocycles. The lowest BCUT2D eigenvalue weighted by Gasteiger charge is -2.24. The van der Waals surface area contributed by atoms with Crippen LogP contribution in [0.25, 0.3) is 16.0 Å². The maximum Gasteiger partial charge on any atom is 0.301 e. The number of carbonyl (C=O) groups excluding carboxylic acids is 2. The van der Waals surface area contributed by atoms with Gasteiger partial charge in [0.15, 0.2) is 16.6 Å². The fourth-order valence-electron chi connectivity index (χ4n) is 5.81. The number of nitrogens with zero attached hydrogens (tertiary/aromatic N) is 2. The largest absolute Gasteiger partial charge is 0.507 e. The zero-order valence-electron chi connectivity index (χ0n) is 25.8. The summed E-state index contributed by atoms with van der Waals surface area (Å²) in [6.45, 7) is 6.93. The van der Waals surface area contributed by atoms with Crippen molar-refractivity contribution >= 4 is 44.1 Å². The second kappa shape index (κ2) is 12.8. The minimum Gasteiger partial charge on any atom is -0.507 e. The van der Waals surface area contributed by atoms with Crippen LogP contribution in [0, 0.1) is 0 Å². The molecule has 6 rings (SSSR count). The summed E-state index contributed by atoms with van der Waals surface area (Å²) < 4.78 is 24.0. The van der Waals surface area contributed by atoms with Crippen molar-refractivity contribution in [2.24, 2.45) is 0 Å². The topological polar surface area (TPSA) is 107 Å². The molecule has 4 aromatic rings. The van der Waals surface area contributed by atoms with Crippen molar-refractivity contribution in [3.63, 3.8) is 0 Å². The molecule has 3 aromatic carbocycles. The Kier molecular flexibility index (Phi) is 8.67. The van der Waals surface area contributed by atoms with Gasteiger partial charge < -0.3 is 24.1 Å². The van der Waals surface area contributed by atoms with Crippen LogP contribution < -0.4 is 23.8 Å². The monoisotopic (exact) mass is 628 g/mol. The van der Waals surface area contributed by atoms with E-state index < -0.39 is 17.7 Å². The first-order chi connectivity index (χ1) is 21.8. The van der Waals surface area contributed by atoms with Gasteiger partial charge in [0.2, 0.25) is 0 Å². The SMILES string of the molecule is CCCCCOc1ccc([C@H]2C(=C(O)c3ccc4c(c3)C[C@@H](C)O4)C(=O)C(=O)N2c2nc3ccc(OC)cc3s2)cc1OCC. The second-order valence-electron chi connectivity index (χ2n) is 11.1. The standard InChI is InChI=1S/C35H36N2O7S/c1-5-7-8-15-43-27-14-9-21(18-28(27)42-6-2)31-30(32(38)22-10-13-26-23(17-22)16-20(3)44-26)33(39)34(40)37(31)35-36-25-12-11-24(41-4)19-29(25)45-35/h9-14,17-20,31,38H,5-8,15-16H2,1-4H3/t20-,31+/m1/s1. The molecule has 10 heteroatoms. The van der Waals surface area contributed by atoms with E-state index in [1.165, 1.54) is 16.2 Å². The lowest BCUT2D eigenvalue weighted by molar-refractivity contribution is -0.132. The number of rotatable bonds is 11. The summed E-state index contributed by atoms with van der Waals surface area (Å²) in [5.41, 5.74) is 2.58. The van der Waals surface area contributed by atoms with E-state index >= 15 is 0 Å². The van der Waals surface area contributed by atoms with Crippen molar-refractivity contribution in [3.05, 3.63) is 76.9 Å². The molecular formula is C35H36N2O7S. The van der Waals surface area contributed by atoms with Crippen molar-refractivity contribution in [1.29, 1.82) is 0 Å². The molecule has 9 nitrogen and oxygen atoms in total. The van der Waals surface area contributed by atoms with Gasteiger partial charge in [0, 0.05) is 12.0 Å². The first-order valence-corrected chi connectivity index (χ1v) is 16.1. The summed E-state index contributed by atoms with van der Waals surface area (Å²) in [7, 11) is 1.58. The first kappa shape index (κ1) is 30.5. The maximum absolute atomic E-state index is 13.8. The summed E-state index contributed by atoms with van der Waals surface area (Å²) in [6, 6.07) is 15.2. The highest BCUT2D eigenvalue weighted by Crippen LogP contribution is 2.46. The number of hydrogen-bond acceptors (Lipinski definition) is 9. The predicted octanol–water partition coefficient (Wildman–Crippen LogP) is 7.22. The minimum absolute atomic E-state index is 0.0142. The number of ether oxygens (including phenoxy) is 4. The smallest absolute Gasteiger partial charge is 0.301 e. The van der Waals surface area contributed by atoms with Crippen molar-refractivity contribution < 1.29 is 33.6 Å². The molecule has 0 bridgehead atoms. The Hall–Kier alpha value is -4.57. The number of unbranched alkanes of at least 4 members (excludes halogenated alkanes) is 2. The fraction of sp³-hybridized carbons (Fsp3) is 0.343. The van der Waals surface area contributed by atoms with Crippen LogP contribution in [0.2, 0.25) is 0 Å². The Labute approximate surface area is 266 Å². The van der Waals surface area contributed by atoms with Crippen LogP contribution in [0.15, 0.2) is 60.2 Å². The van der Waals surface area contributed by atoms with E-state index in [2.05, 4.69) is 6.92 Å². The molecule has 3 heterocycles. The van der Waals surface area contributed by atoms with Crippen molar-refractivity contribution in [1.82, 2.24) is 4.98 Å². The zero-order valence-corrected chi connectivity index (χ0v) is 26.6. The van der Waals surface area contributed by atoms with Crippen LogP contribution in [0.4, 0.5) is 5.13 Å². The predicted molar refractivity (Wildman–Crippen MR) is 174 cm³/mol. The van der Waals surface area contributed by atoms with Crippen molar-refractivity contribution in [2.75, 3.05) is 25.2 Å². The summed E-state index contributed by atoms with van der Waals surface area (Å²) in [5, 5.41) is 12.1. The molecule has 0 spiro atoms. The average molecular weight is 629 g/mol. The summed E-state index contributed by atoms with van der Waals surface area (Å²) in [6.07, 6.45) is 3.74. The number of methoxy groups -OCH3 is 1. The number of aliphatic hydroxyl groups is 1. The minimum atomic E-state index is -0.968. The molecule has 2 atom stereocenters. The molecule has 2 aliphatic rings. The van der Waals surface area contributed by atoms with Gasteiger partial charge in [0.25, 0.3) is 5.78 Å². The number of anilines is 1. The Morgan fingerprint density at radius 3 is 2.67 bits per heavy atom. The van der Waals surface area contributed by atoms with Gasteiger partial charge in [-0.05, 0) is 79.9 Å². The third kappa shape index (κ3) is 5.82. The van der Waals surface area contributed by atoms with Gasteiger partial charge >= 0.3 is 5.91 Å². The number of thiazole rings is 1. The quantitative estimate of drug-likeness (QED) is 0.0803. The van der Waals surface area contributed by atoms with Crippen LogP contribution in [-0.4, -0.2) is 48.2 Å². The maximum atomic E-state index is 13.8. The van der Waals surface area contributed by atoms with Crippen LogP contribution in [0.5, 0.6) is 23.0 Å². The molecule has 1 amide bonds. The Bertz CT molecular complexity index is 1800. The van der Waals surface area contributed by atoms with Crippen LogP contribution >= 0.6 is 11.3 Å². The number of carbonyl (C=O) groups is 2. The molecule has 0 saturated carbocycles. The Morgan fingerprint density at radius 1 is 1.04 bits per heavy atom. The highest BCUT2D eigenvalue weighted by atomic mass is 32.1. The van der Waals surface area contributed by atoms with Crippen molar-refractivity contribution in [3.8, 4) is 23.0 Å². The first-order valence-electron chi connectivity index (χ1n) is 15.3. The van der Waals surface area contributed by atoms with Crippen LogP contribution in [0.1, 0.15) is 62.8 Å². The number of hydrogen-bond donors (Lipinski definition) is 1.